The number of aromatic nitrogens is 1. The van der Waals surface area contributed by atoms with Gasteiger partial charge in [0, 0.05) is 27.3 Å². The van der Waals surface area contributed by atoms with E-state index in [0.717, 1.165) is 11.4 Å². The van der Waals surface area contributed by atoms with Crippen LogP contribution in [0, 0.1) is 6.92 Å². The van der Waals surface area contributed by atoms with Gasteiger partial charge in [-0.25, -0.2) is 0 Å². The number of hydrogen-bond donors (Lipinski definition) is 1. The highest BCUT2D eigenvalue weighted by atomic mass is 15.1. The van der Waals surface area contributed by atoms with Crippen LogP contribution in [0.1, 0.15) is 5.69 Å². The lowest BCUT2D eigenvalue weighted by molar-refractivity contribution is 1.10. The summed E-state index contributed by atoms with van der Waals surface area (Å²) in [6.07, 6.45) is 1.82. The van der Waals surface area contributed by atoms with E-state index in [4.69, 9.17) is 0 Å². The number of aryl methyl sites for hydroxylation is 1. The maximum atomic E-state index is 4.20. The quantitative estimate of drug-likeness (QED) is 0.719. The predicted molar refractivity (Wildman–Crippen MR) is 52.8 cm³/mol. The molecule has 3 nitrogen and oxygen atoms in total. The number of anilines is 2. The zero-order chi connectivity index (χ0) is 9.14. The average molecular weight is 165 g/mol. The van der Waals surface area contributed by atoms with E-state index in [1.54, 1.807) is 0 Å². The van der Waals surface area contributed by atoms with Gasteiger partial charge in [-0.1, -0.05) is 0 Å². The first kappa shape index (κ1) is 8.84. The van der Waals surface area contributed by atoms with Crippen LogP contribution in [0.4, 0.5) is 11.4 Å². The molecule has 1 aromatic rings. The Bertz CT molecular complexity index is 268. The fourth-order valence-corrected chi connectivity index (χ4v) is 1.23. The van der Waals surface area contributed by atoms with Crippen LogP contribution in [0.5, 0.6) is 0 Å². The van der Waals surface area contributed by atoms with Crippen molar-refractivity contribution in [1.29, 1.82) is 0 Å². The molecule has 3 heteroatoms. The number of nitrogens with one attached hydrogen (secondary N) is 1. The van der Waals surface area contributed by atoms with Crippen molar-refractivity contribution in [2.24, 2.45) is 0 Å². The summed E-state index contributed by atoms with van der Waals surface area (Å²) in [5, 5.41) is 3.14. The summed E-state index contributed by atoms with van der Waals surface area (Å²) in [5.74, 6) is 0. The molecule has 12 heavy (non-hydrogen) atoms. The molecule has 0 unspecified atom stereocenters. The Hall–Kier alpha value is -1.25. The second-order valence-electron chi connectivity index (χ2n) is 2.93. The van der Waals surface area contributed by atoms with E-state index in [1.807, 2.05) is 40.3 Å². The fourth-order valence-electron chi connectivity index (χ4n) is 1.23. The number of nitrogens with zero attached hydrogens (tertiary/aromatic N) is 2. The van der Waals surface area contributed by atoms with Crippen molar-refractivity contribution in [3.05, 3.63) is 18.0 Å². The zero-order valence-electron chi connectivity index (χ0n) is 8.05. The molecule has 0 aliphatic rings. The Morgan fingerprint density at radius 1 is 1.42 bits per heavy atom. The minimum Gasteiger partial charge on any atom is -0.385 e. The Morgan fingerprint density at radius 3 is 2.50 bits per heavy atom. The third kappa shape index (κ3) is 1.49. The van der Waals surface area contributed by atoms with E-state index in [0.29, 0.717) is 0 Å². The van der Waals surface area contributed by atoms with Crippen LogP contribution in [-0.2, 0) is 0 Å². The first-order valence-corrected chi connectivity index (χ1v) is 3.97. The molecule has 0 saturated heterocycles. The molecule has 0 saturated carbocycles. The first-order valence-electron chi connectivity index (χ1n) is 3.97. The van der Waals surface area contributed by atoms with E-state index >= 15 is 0 Å². The molecule has 0 aliphatic heterocycles. The molecule has 0 aliphatic carbocycles. The summed E-state index contributed by atoms with van der Waals surface area (Å²) < 4.78 is 0. The van der Waals surface area contributed by atoms with Gasteiger partial charge in [-0.05, 0) is 13.0 Å². The van der Waals surface area contributed by atoms with Crippen LogP contribution >= 0.6 is 0 Å². The van der Waals surface area contributed by atoms with Crippen LogP contribution in [0.15, 0.2) is 12.3 Å². The molecule has 0 fully saturated rings. The molecule has 0 aromatic carbocycles. The molecule has 0 radical (unpaired) electrons. The Kier molecular flexibility index (Phi) is 2.53. The fraction of sp³-hybridized carbons (Fsp3) is 0.444. The average Bonchev–Trinajstić information content (AvgIpc) is 2.03. The van der Waals surface area contributed by atoms with E-state index < -0.39 is 0 Å². The molecule has 0 bridgehead atoms. The van der Waals surface area contributed by atoms with Gasteiger partial charge >= 0.3 is 0 Å². The van der Waals surface area contributed by atoms with Gasteiger partial charge in [0.1, 0.15) is 0 Å². The van der Waals surface area contributed by atoms with Crippen LogP contribution in [-0.4, -0.2) is 26.1 Å². The van der Waals surface area contributed by atoms with Gasteiger partial charge in [0.15, 0.2) is 0 Å². The Balaban J connectivity index is 3.18. The van der Waals surface area contributed by atoms with Gasteiger partial charge in [-0.15, -0.1) is 0 Å². The SMILES string of the molecule is CNc1c(N(C)C)ccnc1C. The highest BCUT2D eigenvalue weighted by Gasteiger charge is 2.05. The van der Waals surface area contributed by atoms with E-state index in [-0.39, 0.29) is 0 Å². The van der Waals surface area contributed by atoms with Gasteiger partial charge in [0.2, 0.25) is 0 Å². The van der Waals surface area contributed by atoms with Crippen molar-refractivity contribution in [1.82, 2.24) is 4.98 Å². The smallest absolute Gasteiger partial charge is 0.0791 e. The monoisotopic (exact) mass is 165 g/mol. The lowest BCUT2D eigenvalue weighted by atomic mass is 10.2. The Morgan fingerprint density at radius 2 is 2.08 bits per heavy atom. The summed E-state index contributed by atoms with van der Waals surface area (Å²) >= 11 is 0. The third-order valence-corrected chi connectivity index (χ3v) is 1.85. The van der Waals surface area contributed by atoms with Crippen molar-refractivity contribution >= 4 is 11.4 Å². The lowest BCUT2D eigenvalue weighted by Gasteiger charge is -2.17. The normalized spacial score (nSPS) is 9.67. The molecule has 0 spiro atoms. The van der Waals surface area contributed by atoms with Crippen LogP contribution in [0.25, 0.3) is 0 Å². The topological polar surface area (TPSA) is 28.2 Å². The highest BCUT2D eigenvalue weighted by molar-refractivity contribution is 5.70. The molecular weight excluding hydrogens is 150 g/mol. The van der Waals surface area contributed by atoms with E-state index in [2.05, 4.69) is 15.2 Å². The maximum absolute atomic E-state index is 4.20. The van der Waals surface area contributed by atoms with Crippen molar-refractivity contribution in [2.75, 3.05) is 31.4 Å². The Labute approximate surface area is 73.4 Å². The van der Waals surface area contributed by atoms with Crippen molar-refractivity contribution in [3.63, 3.8) is 0 Å². The van der Waals surface area contributed by atoms with Crippen molar-refractivity contribution < 1.29 is 0 Å². The maximum Gasteiger partial charge on any atom is 0.0791 e. The standard InChI is InChI=1S/C9H15N3/c1-7-9(10-2)8(12(3)4)5-6-11-7/h5-6,10H,1-4H3. The molecule has 1 heterocycles. The molecule has 1 N–H and O–H groups in total. The van der Waals surface area contributed by atoms with Crippen LogP contribution in [0.2, 0.25) is 0 Å². The van der Waals surface area contributed by atoms with E-state index in [1.165, 1.54) is 5.69 Å². The van der Waals surface area contributed by atoms with Gasteiger partial charge in [0.05, 0.1) is 17.1 Å². The number of rotatable bonds is 2. The summed E-state index contributed by atoms with van der Waals surface area (Å²) in [7, 11) is 5.96. The highest BCUT2D eigenvalue weighted by Crippen LogP contribution is 2.24. The molecular formula is C9H15N3. The predicted octanol–water partition coefficient (Wildman–Crippen LogP) is 1.50. The summed E-state index contributed by atoms with van der Waals surface area (Å²) in [5.41, 5.74) is 3.30. The molecule has 0 atom stereocenters. The molecule has 1 aromatic heterocycles. The van der Waals surface area contributed by atoms with Gasteiger partial charge in [-0.2, -0.15) is 0 Å². The molecule has 0 amide bonds. The molecule has 1 rings (SSSR count). The number of pyridine rings is 1. The summed E-state index contributed by atoms with van der Waals surface area (Å²) in [6.45, 7) is 2.00. The lowest BCUT2D eigenvalue weighted by Crippen LogP contribution is -2.12. The second kappa shape index (κ2) is 3.43. The van der Waals surface area contributed by atoms with E-state index in [9.17, 15) is 0 Å². The summed E-state index contributed by atoms with van der Waals surface area (Å²) in [6, 6.07) is 2.00. The first-order chi connectivity index (χ1) is 5.66. The van der Waals surface area contributed by atoms with Gasteiger partial charge < -0.3 is 10.2 Å². The summed E-state index contributed by atoms with van der Waals surface area (Å²) in [4.78, 5) is 6.27. The van der Waals surface area contributed by atoms with Gasteiger partial charge in [-0.3, -0.25) is 4.98 Å². The van der Waals surface area contributed by atoms with Crippen molar-refractivity contribution in [2.45, 2.75) is 6.92 Å². The van der Waals surface area contributed by atoms with Crippen LogP contribution in [0.3, 0.4) is 0 Å². The largest absolute Gasteiger partial charge is 0.385 e. The van der Waals surface area contributed by atoms with Crippen molar-refractivity contribution in [3.8, 4) is 0 Å². The van der Waals surface area contributed by atoms with Crippen LogP contribution < -0.4 is 10.2 Å². The second-order valence-corrected chi connectivity index (χ2v) is 2.93. The minimum atomic E-state index is 1.03. The third-order valence-electron chi connectivity index (χ3n) is 1.85. The minimum absolute atomic E-state index is 1.03. The van der Waals surface area contributed by atoms with Gasteiger partial charge in [0.25, 0.3) is 0 Å². The number of hydrogen-bond acceptors (Lipinski definition) is 3. The zero-order valence-corrected chi connectivity index (χ0v) is 8.05. The molecule has 66 valence electrons.